The van der Waals surface area contributed by atoms with Gasteiger partial charge in [0.25, 0.3) is 0 Å². The van der Waals surface area contributed by atoms with Crippen molar-refractivity contribution in [2.24, 2.45) is 5.16 Å². The Morgan fingerprint density at radius 1 is 1.29 bits per heavy atom. The fourth-order valence-electron chi connectivity index (χ4n) is 1.54. The molecule has 0 spiro atoms. The van der Waals surface area contributed by atoms with Gasteiger partial charge in [-0.05, 0) is 12.5 Å². The number of aryl methyl sites for hydroxylation is 2. The smallest absolute Gasteiger partial charge is 0.225 e. The predicted molar refractivity (Wildman–Crippen MR) is 62.9 cm³/mol. The van der Waals surface area contributed by atoms with Crippen molar-refractivity contribution in [1.82, 2.24) is 10.1 Å². The van der Waals surface area contributed by atoms with Crippen LogP contribution in [0, 0.1) is 13.8 Å². The number of aromatic nitrogens is 2. The maximum absolute atomic E-state index is 4.96. The van der Waals surface area contributed by atoms with Gasteiger partial charge in [-0.25, -0.2) is 0 Å². The van der Waals surface area contributed by atoms with Crippen molar-refractivity contribution >= 4 is 5.71 Å². The topological polar surface area (TPSA) is 60.5 Å². The molecule has 0 saturated heterocycles. The quantitative estimate of drug-likeness (QED) is 0.599. The fourth-order valence-corrected chi connectivity index (χ4v) is 1.54. The summed E-state index contributed by atoms with van der Waals surface area (Å²) < 4.78 is 4.96. The van der Waals surface area contributed by atoms with Crippen LogP contribution in [0.5, 0.6) is 0 Å². The molecule has 0 amide bonds. The first-order valence-electron chi connectivity index (χ1n) is 5.20. The molecule has 1 aromatic heterocycles. The van der Waals surface area contributed by atoms with Crippen molar-refractivity contribution in [3.05, 3.63) is 47.1 Å². The Hall–Kier alpha value is -2.17. The van der Waals surface area contributed by atoms with Crippen LogP contribution in [-0.4, -0.2) is 23.0 Å². The van der Waals surface area contributed by atoms with Crippen molar-refractivity contribution in [3.63, 3.8) is 0 Å². The molecule has 17 heavy (non-hydrogen) atoms. The van der Waals surface area contributed by atoms with Crippen molar-refractivity contribution in [3.8, 4) is 0 Å². The summed E-state index contributed by atoms with van der Waals surface area (Å²) in [4.78, 5) is 9.00. The zero-order valence-corrected chi connectivity index (χ0v) is 9.97. The van der Waals surface area contributed by atoms with E-state index in [1.54, 1.807) is 6.92 Å². The van der Waals surface area contributed by atoms with Crippen LogP contribution in [0.25, 0.3) is 0 Å². The molecule has 0 aliphatic rings. The average Bonchev–Trinajstić information content (AvgIpc) is 2.74. The molecule has 88 valence electrons. The molecule has 0 aliphatic carbocycles. The van der Waals surface area contributed by atoms with Gasteiger partial charge >= 0.3 is 0 Å². The second-order valence-electron chi connectivity index (χ2n) is 3.57. The third kappa shape index (κ3) is 2.33. The Kier molecular flexibility index (Phi) is 3.18. The van der Waals surface area contributed by atoms with Gasteiger partial charge in [-0.3, -0.25) is 0 Å². The van der Waals surface area contributed by atoms with Crippen LogP contribution in [0.2, 0.25) is 0 Å². The number of oxime groups is 1. The number of nitrogens with zero attached hydrogens (tertiary/aromatic N) is 3. The van der Waals surface area contributed by atoms with Gasteiger partial charge in [-0.2, -0.15) is 4.98 Å². The van der Waals surface area contributed by atoms with Gasteiger partial charge in [0.05, 0.1) is 0 Å². The molecule has 0 atom stereocenters. The zero-order valence-electron chi connectivity index (χ0n) is 9.97. The molecule has 0 aliphatic heterocycles. The molecule has 0 unspecified atom stereocenters. The summed E-state index contributed by atoms with van der Waals surface area (Å²) in [5.41, 5.74) is 2.57. The fraction of sp³-hybridized carbons (Fsp3) is 0.250. The molecule has 0 saturated carbocycles. The first kappa shape index (κ1) is 11.3. The summed E-state index contributed by atoms with van der Waals surface area (Å²) in [5.74, 6) is 0.927. The van der Waals surface area contributed by atoms with Gasteiger partial charge in [0.15, 0.2) is 5.71 Å². The maximum atomic E-state index is 4.96. The van der Waals surface area contributed by atoms with Gasteiger partial charge in [0, 0.05) is 12.5 Å². The van der Waals surface area contributed by atoms with Crippen LogP contribution >= 0.6 is 0 Å². The van der Waals surface area contributed by atoms with Crippen molar-refractivity contribution in [2.75, 3.05) is 7.11 Å². The highest BCUT2D eigenvalue weighted by atomic mass is 16.6. The molecule has 0 fully saturated rings. The first-order valence-corrected chi connectivity index (χ1v) is 5.20. The molecule has 1 heterocycles. The van der Waals surface area contributed by atoms with Gasteiger partial charge < -0.3 is 9.36 Å². The molecule has 2 aromatic rings. The second kappa shape index (κ2) is 4.78. The van der Waals surface area contributed by atoms with E-state index in [4.69, 9.17) is 9.36 Å². The van der Waals surface area contributed by atoms with Crippen LogP contribution in [0.3, 0.4) is 0 Å². The van der Waals surface area contributed by atoms with E-state index in [0.717, 1.165) is 11.1 Å². The summed E-state index contributed by atoms with van der Waals surface area (Å²) >= 11 is 0. The van der Waals surface area contributed by atoms with Crippen LogP contribution in [0.4, 0.5) is 0 Å². The minimum atomic E-state index is 0.429. The lowest BCUT2D eigenvalue weighted by Gasteiger charge is -2.04. The molecule has 0 N–H and O–H groups in total. The average molecular weight is 231 g/mol. The third-order valence-corrected chi connectivity index (χ3v) is 2.32. The monoisotopic (exact) mass is 231 g/mol. The summed E-state index contributed by atoms with van der Waals surface area (Å²) in [7, 11) is 1.49. The van der Waals surface area contributed by atoms with Gasteiger partial charge in [0.1, 0.15) is 7.11 Å². The summed E-state index contributed by atoms with van der Waals surface area (Å²) in [5, 5.41) is 7.83. The molecule has 0 bridgehead atoms. The van der Waals surface area contributed by atoms with Crippen LogP contribution in [0.1, 0.15) is 22.8 Å². The summed E-state index contributed by atoms with van der Waals surface area (Å²) in [6.07, 6.45) is 0. The standard InChI is InChI=1S/C12H13N3O2/c1-8-6-4-5-7-10(8)11(14-16-3)12-13-9(2)17-15-12/h4-7H,1-3H3/b14-11-. The van der Waals surface area contributed by atoms with E-state index in [1.165, 1.54) is 7.11 Å². The minimum absolute atomic E-state index is 0.429. The van der Waals surface area contributed by atoms with Crippen molar-refractivity contribution in [2.45, 2.75) is 13.8 Å². The van der Waals surface area contributed by atoms with E-state index in [0.29, 0.717) is 17.4 Å². The molecule has 5 heteroatoms. The molecular formula is C12H13N3O2. The van der Waals surface area contributed by atoms with Gasteiger partial charge in [0.2, 0.25) is 11.7 Å². The highest BCUT2D eigenvalue weighted by molar-refractivity contribution is 6.11. The lowest BCUT2D eigenvalue weighted by molar-refractivity contribution is 0.213. The van der Waals surface area contributed by atoms with Crippen LogP contribution in [0.15, 0.2) is 33.9 Å². The summed E-state index contributed by atoms with van der Waals surface area (Å²) in [6.45, 7) is 3.73. The van der Waals surface area contributed by atoms with Gasteiger partial charge in [-0.15, -0.1) is 0 Å². The van der Waals surface area contributed by atoms with Crippen molar-refractivity contribution in [1.29, 1.82) is 0 Å². The lowest BCUT2D eigenvalue weighted by Crippen LogP contribution is -2.08. The van der Waals surface area contributed by atoms with Gasteiger partial charge in [-0.1, -0.05) is 34.6 Å². The largest absolute Gasteiger partial charge is 0.399 e. The Labute approximate surface area is 99.1 Å². The third-order valence-electron chi connectivity index (χ3n) is 2.32. The van der Waals surface area contributed by atoms with E-state index in [1.807, 2.05) is 31.2 Å². The number of hydrogen-bond acceptors (Lipinski definition) is 5. The molecule has 2 rings (SSSR count). The Morgan fingerprint density at radius 2 is 2.06 bits per heavy atom. The maximum Gasteiger partial charge on any atom is 0.225 e. The van der Waals surface area contributed by atoms with E-state index >= 15 is 0 Å². The molecular weight excluding hydrogens is 218 g/mol. The van der Waals surface area contributed by atoms with E-state index < -0.39 is 0 Å². The highest BCUT2D eigenvalue weighted by Gasteiger charge is 2.15. The number of rotatable bonds is 3. The van der Waals surface area contributed by atoms with Crippen molar-refractivity contribution < 1.29 is 9.36 Å². The van der Waals surface area contributed by atoms with Crippen LogP contribution in [-0.2, 0) is 4.84 Å². The highest BCUT2D eigenvalue weighted by Crippen LogP contribution is 2.13. The predicted octanol–water partition coefficient (Wildman–Crippen LogP) is 2.09. The molecule has 1 aromatic carbocycles. The first-order chi connectivity index (χ1) is 8.22. The Bertz CT molecular complexity index is 546. The normalized spacial score (nSPS) is 11.6. The summed E-state index contributed by atoms with van der Waals surface area (Å²) in [6, 6.07) is 7.83. The molecule has 5 nitrogen and oxygen atoms in total. The number of hydrogen-bond donors (Lipinski definition) is 0. The van der Waals surface area contributed by atoms with E-state index in [9.17, 15) is 0 Å². The SMILES string of the molecule is CO/N=C(\c1noc(C)n1)c1ccccc1C. The minimum Gasteiger partial charge on any atom is -0.399 e. The zero-order chi connectivity index (χ0) is 12.3. The lowest BCUT2D eigenvalue weighted by atomic mass is 10.0. The number of benzene rings is 1. The Balaban J connectivity index is 2.51. The second-order valence-corrected chi connectivity index (χ2v) is 3.57. The molecule has 0 radical (unpaired) electrons. The Morgan fingerprint density at radius 3 is 2.65 bits per heavy atom. The van der Waals surface area contributed by atoms with E-state index in [-0.39, 0.29) is 0 Å². The van der Waals surface area contributed by atoms with Crippen LogP contribution < -0.4 is 0 Å². The van der Waals surface area contributed by atoms with E-state index in [2.05, 4.69) is 15.3 Å².